The molecule has 0 atom stereocenters. The number of rotatable bonds is 4. The molecule has 2 aromatic carbocycles. The first-order valence-corrected chi connectivity index (χ1v) is 10.3. The number of nitrogens with zero attached hydrogens (tertiary/aromatic N) is 4. The van der Waals surface area contributed by atoms with Crippen LogP contribution in [0, 0.1) is 5.82 Å². The molecule has 0 unspecified atom stereocenters. The number of hydrogen-bond acceptors (Lipinski definition) is 5. The molecule has 144 valence electrons. The van der Waals surface area contributed by atoms with Gasteiger partial charge in [0.2, 0.25) is 5.91 Å². The van der Waals surface area contributed by atoms with Crippen molar-refractivity contribution in [2.75, 3.05) is 35.7 Å². The lowest BCUT2D eigenvalue weighted by Crippen LogP contribution is -2.32. The Bertz CT molecular complexity index is 1010. The molecule has 0 spiro atoms. The van der Waals surface area contributed by atoms with E-state index in [0.717, 1.165) is 29.8 Å². The van der Waals surface area contributed by atoms with Gasteiger partial charge in [0, 0.05) is 37.2 Å². The van der Waals surface area contributed by atoms with Gasteiger partial charge in [-0.1, -0.05) is 24.3 Å². The summed E-state index contributed by atoms with van der Waals surface area (Å²) in [6.07, 6.45) is 1.16. The molecule has 5 nitrogen and oxygen atoms in total. The van der Waals surface area contributed by atoms with E-state index in [1.807, 2.05) is 31.3 Å². The minimum Gasteiger partial charge on any atom is -0.357 e. The van der Waals surface area contributed by atoms with Crippen LogP contribution in [0.3, 0.4) is 0 Å². The summed E-state index contributed by atoms with van der Waals surface area (Å²) in [5.41, 5.74) is 1.59. The van der Waals surface area contributed by atoms with Crippen molar-refractivity contribution >= 4 is 40.3 Å². The molecule has 1 amide bonds. The van der Waals surface area contributed by atoms with E-state index in [1.165, 1.54) is 17.8 Å². The van der Waals surface area contributed by atoms with E-state index in [4.69, 9.17) is 9.97 Å². The number of benzene rings is 2. The number of thioether (sulfide) groups is 1. The van der Waals surface area contributed by atoms with Crippen molar-refractivity contribution in [3.8, 4) is 0 Å². The van der Waals surface area contributed by atoms with Gasteiger partial charge in [0.1, 0.15) is 5.82 Å². The van der Waals surface area contributed by atoms with Gasteiger partial charge >= 0.3 is 0 Å². The minimum atomic E-state index is -0.251. The van der Waals surface area contributed by atoms with E-state index in [0.29, 0.717) is 29.4 Å². The average molecular weight is 396 g/mol. The molecule has 0 fully saturated rings. The molecular weight excluding hydrogens is 375 g/mol. The highest BCUT2D eigenvalue weighted by Crippen LogP contribution is 2.31. The SMILES string of the molecule is CN1CCCN(C(=O)CCSc2ccccc2F)c2nc3ccccc3nc21. The molecule has 28 heavy (non-hydrogen) atoms. The molecule has 1 aliphatic heterocycles. The van der Waals surface area contributed by atoms with Gasteiger partial charge in [0.25, 0.3) is 0 Å². The summed E-state index contributed by atoms with van der Waals surface area (Å²) >= 11 is 1.36. The number of carbonyl (C=O) groups is 1. The van der Waals surface area contributed by atoms with Crippen molar-refractivity contribution in [3.63, 3.8) is 0 Å². The van der Waals surface area contributed by atoms with E-state index in [-0.39, 0.29) is 11.7 Å². The highest BCUT2D eigenvalue weighted by Gasteiger charge is 2.26. The Hall–Kier alpha value is -2.67. The molecule has 0 aliphatic carbocycles. The summed E-state index contributed by atoms with van der Waals surface area (Å²) in [5, 5.41) is 0. The predicted molar refractivity (Wildman–Crippen MR) is 112 cm³/mol. The Balaban J connectivity index is 1.55. The lowest BCUT2D eigenvalue weighted by molar-refractivity contribution is -0.118. The van der Waals surface area contributed by atoms with Crippen LogP contribution < -0.4 is 9.80 Å². The smallest absolute Gasteiger partial charge is 0.229 e. The second-order valence-electron chi connectivity index (χ2n) is 6.71. The van der Waals surface area contributed by atoms with E-state index in [9.17, 15) is 9.18 Å². The molecule has 0 saturated carbocycles. The number of para-hydroxylation sites is 2. The van der Waals surface area contributed by atoms with Crippen LogP contribution in [0.5, 0.6) is 0 Å². The van der Waals surface area contributed by atoms with Gasteiger partial charge in [-0.15, -0.1) is 11.8 Å². The van der Waals surface area contributed by atoms with Crippen LogP contribution in [0.4, 0.5) is 16.0 Å². The quantitative estimate of drug-likeness (QED) is 0.621. The lowest BCUT2D eigenvalue weighted by atomic mass is 10.3. The normalized spacial score (nSPS) is 14.1. The third-order valence-electron chi connectivity index (χ3n) is 4.74. The standard InChI is InChI=1S/C21H21FN4OS/c1-25-12-6-13-26(19(27)11-14-28-18-10-5-2-7-15(18)22)21-20(25)23-16-8-3-4-9-17(16)24-21/h2-5,7-10H,6,11-14H2,1H3. The van der Waals surface area contributed by atoms with Crippen LogP contribution >= 0.6 is 11.8 Å². The summed E-state index contributed by atoms with van der Waals surface area (Å²) < 4.78 is 13.8. The third kappa shape index (κ3) is 3.80. The predicted octanol–water partition coefficient (Wildman–Crippen LogP) is 4.12. The molecule has 0 radical (unpaired) electrons. The van der Waals surface area contributed by atoms with E-state index < -0.39 is 0 Å². The minimum absolute atomic E-state index is 0.00929. The Morgan fingerprint density at radius 1 is 1.04 bits per heavy atom. The van der Waals surface area contributed by atoms with Crippen LogP contribution in [0.25, 0.3) is 11.0 Å². The Morgan fingerprint density at radius 3 is 2.46 bits per heavy atom. The molecule has 7 heteroatoms. The molecule has 4 rings (SSSR count). The number of anilines is 2. The van der Waals surface area contributed by atoms with Crippen molar-refractivity contribution in [1.29, 1.82) is 0 Å². The highest BCUT2D eigenvalue weighted by atomic mass is 32.2. The number of carbonyl (C=O) groups excluding carboxylic acids is 1. The molecule has 2 heterocycles. The second kappa shape index (κ2) is 8.14. The zero-order valence-electron chi connectivity index (χ0n) is 15.6. The maximum atomic E-state index is 13.8. The summed E-state index contributed by atoms with van der Waals surface area (Å²) in [4.78, 5) is 26.8. The van der Waals surface area contributed by atoms with Gasteiger partial charge in [0.05, 0.1) is 11.0 Å². The Labute approximate surface area is 167 Å². The number of fused-ring (bicyclic) bond motifs is 2. The number of halogens is 1. The van der Waals surface area contributed by atoms with Gasteiger partial charge in [-0.3, -0.25) is 9.69 Å². The summed E-state index contributed by atoms with van der Waals surface area (Å²) in [6.45, 7) is 1.42. The van der Waals surface area contributed by atoms with Gasteiger partial charge in [-0.2, -0.15) is 0 Å². The van der Waals surface area contributed by atoms with E-state index >= 15 is 0 Å². The largest absolute Gasteiger partial charge is 0.357 e. The topological polar surface area (TPSA) is 49.3 Å². The van der Waals surface area contributed by atoms with Crippen molar-refractivity contribution in [3.05, 3.63) is 54.3 Å². The van der Waals surface area contributed by atoms with Gasteiger partial charge in [-0.05, 0) is 30.7 Å². The molecule has 0 saturated heterocycles. The second-order valence-corrected chi connectivity index (χ2v) is 7.85. The van der Waals surface area contributed by atoms with Crippen LogP contribution in [-0.4, -0.2) is 41.8 Å². The van der Waals surface area contributed by atoms with Gasteiger partial charge in [-0.25, -0.2) is 14.4 Å². The molecular formula is C21H21FN4OS. The van der Waals surface area contributed by atoms with Gasteiger partial charge < -0.3 is 4.90 Å². The molecule has 1 aliphatic rings. The molecule has 0 bridgehead atoms. The average Bonchev–Trinajstić information content (AvgIpc) is 2.86. The molecule has 0 N–H and O–H groups in total. The highest BCUT2D eigenvalue weighted by molar-refractivity contribution is 7.99. The van der Waals surface area contributed by atoms with E-state index in [2.05, 4.69) is 4.90 Å². The number of hydrogen-bond donors (Lipinski definition) is 0. The van der Waals surface area contributed by atoms with Gasteiger partial charge in [0.15, 0.2) is 11.6 Å². The van der Waals surface area contributed by atoms with Crippen molar-refractivity contribution in [1.82, 2.24) is 9.97 Å². The summed E-state index contributed by atoms with van der Waals surface area (Å²) in [7, 11) is 1.98. The third-order valence-corrected chi connectivity index (χ3v) is 5.79. The van der Waals surface area contributed by atoms with Crippen molar-refractivity contribution in [2.24, 2.45) is 0 Å². The lowest BCUT2D eigenvalue weighted by Gasteiger charge is -2.22. The summed E-state index contributed by atoms with van der Waals surface area (Å²) in [5.74, 6) is 1.59. The zero-order valence-corrected chi connectivity index (χ0v) is 16.5. The monoisotopic (exact) mass is 396 g/mol. The summed E-state index contributed by atoms with van der Waals surface area (Å²) in [6, 6.07) is 14.3. The molecule has 3 aromatic rings. The van der Waals surface area contributed by atoms with Crippen molar-refractivity contribution in [2.45, 2.75) is 17.7 Å². The first-order valence-electron chi connectivity index (χ1n) is 9.29. The number of amides is 1. The maximum Gasteiger partial charge on any atom is 0.229 e. The first-order chi connectivity index (χ1) is 13.6. The Kier molecular flexibility index (Phi) is 5.43. The van der Waals surface area contributed by atoms with Crippen LogP contribution in [0.2, 0.25) is 0 Å². The van der Waals surface area contributed by atoms with Crippen LogP contribution in [0.1, 0.15) is 12.8 Å². The van der Waals surface area contributed by atoms with E-state index in [1.54, 1.807) is 23.1 Å². The Morgan fingerprint density at radius 2 is 1.71 bits per heavy atom. The van der Waals surface area contributed by atoms with Crippen molar-refractivity contribution < 1.29 is 9.18 Å². The van der Waals surface area contributed by atoms with Crippen LogP contribution in [-0.2, 0) is 4.79 Å². The molecule has 1 aromatic heterocycles. The van der Waals surface area contributed by atoms with Crippen LogP contribution in [0.15, 0.2) is 53.4 Å². The number of aromatic nitrogens is 2. The fraction of sp³-hybridized carbons (Fsp3) is 0.286. The zero-order chi connectivity index (χ0) is 19.5. The fourth-order valence-corrected chi connectivity index (χ4v) is 4.16. The fourth-order valence-electron chi connectivity index (χ4n) is 3.28. The first kappa shape index (κ1) is 18.7. The maximum absolute atomic E-state index is 13.8.